The topological polar surface area (TPSA) is 140 Å². The highest BCUT2D eigenvalue weighted by Gasteiger charge is 2.30. The van der Waals surface area contributed by atoms with Crippen LogP contribution in [0.5, 0.6) is 0 Å². The van der Waals surface area contributed by atoms with E-state index in [1.54, 1.807) is 18.2 Å². The van der Waals surface area contributed by atoms with Gasteiger partial charge in [-0.25, -0.2) is 8.42 Å². The molecule has 34 heavy (non-hydrogen) atoms. The summed E-state index contributed by atoms with van der Waals surface area (Å²) in [4.78, 5) is 22.8. The third kappa shape index (κ3) is 5.53. The predicted molar refractivity (Wildman–Crippen MR) is 124 cm³/mol. The third-order valence-corrected chi connectivity index (χ3v) is 7.60. The minimum Gasteiger partial charge on any atom is -0.380 e. The summed E-state index contributed by atoms with van der Waals surface area (Å²) in [7, 11) is -3.97. The predicted octanol–water partition coefficient (Wildman–Crippen LogP) is 2.35. The van der Waals surface area contributed by atoms with E-state index < -0.39 is 21.1 Å². The summed E-state index contributed by atoms with van der Waals surface area (Å²) in [6.07, 6.45) is 1.09. The molecule has 2 heterocycles. The fraction of sp³-hybridized carbons (Fsp3) is 0.409. The first-order valence-electron chi connectivity index (χ1n) is 11.0. The molecule has 2 aliphatic heterocycles. The van der Waals surface area contributed by atoms with Gasteiger partial charge in [0.15, 0.2) is 0 Å². The summed E-state index contributed by atoms with van der Waals surface area (Å²) >= 11 is 0. The maximum Gasteiger partial charge on any atom is 0.270 e. The molecule has 1 unspecified atom stereocenters. The number of amides is 1. The second-order valence-electron chi connectivity index (χ2n) is 8.00. The zero-order valence-electron chi connectivity index (χ0n) is 18.4. The molecule has 2 saturated heterocycles. The van der Waals surface area contributed by atoms with E-state index in [-0.39, 0.29) is 55.0 Å². The average molecular weight is 491 g/mol. The normalized spacial score (nSPS) is 19.0. The maximum atomic E-state index is 13.2. The van der Waals surface area contributed by atoms with E-state index in [2.05, 4.69) is 10.6 Å². The van der Waals surface area contributed by atoms with E-state index >= 15 is 0 Å². The van der Waals surface area contributed by atoms with Crippen molar-refractivity contribution in [3.63, 3.8) is 0 Å². The van der Waals surface area contributed by atoms with Crippen molar-refractivity contribution in [3.05, 3.63) is 58.1 Å². The van der Waals surface area contributed by atoms with Gasteiger partial charge in [-0.15, -0.1) is 0 Å². The van der Waals surface area contributed by atoms with Crippen molar-refractivity contribution in [2.24, 2.45) is 0 Å². The molecule has 2 aromatic carbocycles. The molecule has 0 aliphatic carbocycles. The van der Waals surface area contributed by atoms with Crippen molar-refractivity contribution in [3.8, 4) is 0 Å². The van der Waals surface area contributed by atoms with Gasteiger partial charge in [-0.2, -0.15) is 4.31 Å². The number of sulfonamides is 1. The van der Waals surface area contributed by atoms with Crippen molar-refractivity contribution in [1.82, 2.24) is 4.31 Å². The summed E-state index contributed by atoms with van der Waals surface area (Å²) < 4.78 is 38.4. The Hall–Kier alpha value is -3.06. The molecular weight excluding hydrogens is 464 g/mol. The van der Waals surface area contributed by atoms with Crippen LogP contribution in [-0.2, 0) is 30.8 Å². The third-order valence-electron chi connectivity index (χ3n) is 5.66. The van der Waals surface area contributed by atoms with Gasteiger partial charge in [-0.05, 0) is 36.6 Å². The highest BCUT2D eigenvalue weighted by atomic mass is 32.2. The lowest BCUT2D eigenvalue weighted by Gasteiger charge is -2.27. The summed E-state index contributed by atoms with van der Waals surface area (Å²) in [5, 5.41) is 17.2. The number of carbonyl (C=O) groups is 1. The number of nitrogens with one attached hydrogen (secondary N) is 2. The number of hydrogen-bond acceptors (Lipinski definition) is 8. The number of non-ortho nitro benzene ring substituents is 1. The number of hydrogen-bond donors (Lipinski definition) is 2. The molecular formula is C22H26N4O7S. The van der Waals surface area contributed by atoms with E-state index in [9.17, 15) is 23.3 Å². The van der Waals surface area contributed by atoms with Crippen LogP contribution in [0, 0.1) is 10.1 Å². The largest absolute Gasteiger partial charge is 0.380 e. The second-order valence-corrected chi connectivity index (χ2v) is 9.91. The molecule has 0 spiro atoms. The van der Waals surface area contributed by atoms with Crippen LogP contribution in [0.2, 0.25) is 0 Å². The highest BCUT2D eigenvalue weighted by Crippen LogP contribution is 2.30. The molecule has 0 saturated carbocycles. The quantitative estimate of drug-likeness (QED) is 0.424. The molecule has 2 aromatic rings. The van der Waals surface area contributed by atoms with Gasteiger partial charge in [0.1, 0.15) is 11.0 Å². The molecule has 2 N–H and O–H groups in total. The molecule has 0 radical (unpaired) electrons. The van der Waals surface area contributed by atoms with E-state index in [1.807, 2.05) is 6.07 Å². The van der Waals surface area contributed by atoms with Gasteiger partial charge in [-0.3, -0.25) is 14.9 Å². The van der Waals surface area contributed by atoms with Gasteiger partial charge < -0.3 is 20.1 Å². The lowest BCUT2D eigenvalue weighted by Crippen LogP contribution is -2.40. The van der Waals surface area contributed by atoms with Crippen molar-refractivity contribution < 1.29 is 27.6 Å². The Bertz CT molecular complexity index is 1160. The molecule has 4 rings (SSSR count). The zero-order valence-corrected chi connectivity index (χ0v) is 19.3. The Morgan fingerprint density at radius 1 is 1.15 bits per heavy atom. The summed E-state index contributed by atoms with van der Waals surface area (Å²) in [6.45, 7) is 1.70. The van der Waals surface area contributed by atoms with Gasteiger partial charge in [-0.1, -0.05) is 12.1 Å². The average Bonchev–Trinajstić information content (AvgIpc) is 3.39. The van der Waals surface area contributed by atoms with Crippen LogP contribution in [0.25, 0.3) is 0 Å². The number of carbonyl (C=O) groups excluding carboxylic acids is 1. The zero-order chi connectivity index (χ0) is 24.1. The fourth-order valence-electron chi connectivity index (χ4n) is 3.87. The van der Waals surface area contributed by atoms with E-state index in [4.69, 9.17) is 9.47 Å². The van der Waals surface area contributed by atoms with E-state index in [0.717, 1.165) is 18.1 Å². The van der Waals surface area contributed by atoms with Crippen molar-refractivity contribution in [2.45, 2.75) is 30.4 Å². The first-order valence-corrected chi connectivity index (χ1v) is 12.4. The van der Waals surface area contributed by atoms with Crippen molar-refractivity contribution in [1.29, 1.82) is 0 Å². The number of anilines is 2. The van der Waals surface area contributed by atoms with E-state index in [1.165, 1.54) is 16.4 Å². The van der Waals surface area contributed by atoms with Crippen LogP contribution >= 0.6 is 0 Å². The number of nitro benzene ring substituents is 1. The summed E-state index contributed by atoms with van der Waals surface area (Å²) in [5.74, 6) is -0.197. The second kappa shape index (κ2) is 10.5. The minimum atomic E-state index is -3.97. The van der Waals surface area contributed by atoms with Gasteiger partial charge in [0, 0.05) is 44.1 Å². The number of rotatable bonds is 8. The van der Waals surface area contributed by atoms with Gasteiger partial charge in [0.25, 0.3) is 11.6 Å². The number of morpholine rings is 1. The molecule has 2 fully saturated rings. The Balaban J connectivity index is 1.52. The van der Waals surface area contributed by atoms with Crippen LogP contribution < -0.4 is 10.6 Å². The van der Waals surface area contributed by atoms with Crippen LogP contribution in [0.4, 0.5) is 17.1 Å². The Labute approximate surface area is 197 Å². The van der Waals surface area contributed by atoms with Gasteiger partial charge in [0.2, 0.25) is 10.0 Å². The maximum absolute atomic E-state index is 13.2. The van der Waals surface area contributed by atoms with Crippen LogP contribution in [0.15, 0.2) is 47.4 Å². The SMILES string of the molecule is O=C(Nc1cccc(CNc2ccc([N+](=O)[O-])cc2S(=O)(=O)N2CCOCC2)c1)C1CCCO1. The molecule has 0 aromatic heterocycles. The number of ether oxygens (including phenoxy) is 2. The number of benzene rings is 2. The lowest BCUT2D eigenvalue weighted by atomic mass is 10.1. The Morgan fingerprint density at radius 3 is 2.65 bits per heavy atom. The summed E-state index contributed by atoms with van der Waals surface area (Å²) in [5.41, 5.74) is 1.34. The molecule has 182 valence electrons. The molecule has 12 heteroatoms. The number of nitrogens with zero attached hydrogens (tertiary/aromatic N) is 2. The Kier molecular flexibility index (Phi) is 7.41. The highest BCUT2D eigenvalue weighted by molar-refractivity contribution is 7.89. The first kappa shape index (κ1) is 24.1. The molecule has 2 aliphatic rings. The van der Waals surface area contributed by atoms with Gasteiger partial charge in [0.05, 0.1) is 23.8 Å². The first-order chi connectivity index (χ1) is 16.3. The van der Waals surface area contributed by atoms with Crippen molar-refractivity contribution in [2.75, 3.05) is 43.5 Å². The smallest absolute Gasteiger partial charge is 0.270 e. The summed E-state index contributed by atoms with van der Waals surface area (Å²) in [6, 6.07) is 10.9. The Morgan fingerprint density at radius 2 is 1.94 bits per heavy atom. The standard InChI is InChI=1S/C22H26N4O7S/c27-22(20-5-2-10-33-20)24-17-4-1-3-16(13-17)15-23-19-7-6-18(26(28)29)14-21(19)34(30,31)25-8-11-32-12-9-25/h1,3-4,6-7,13-14,20,23H,2,5,8-12,15H2,(H,24,27). The molecule has 11 nitrogen and oxygen atoms in total. The molecule has 0 bridgehead atoms. The van der Waals surface area contributed by atoms with Crippen LogP contribution in [0.1, 0.15) is 18.4 Å². The number of nitro groups is 1. The van der Waals surface area contributed by atoms with Crippen molar-refractivity contribution >= 4 is 33.0 Å². The molecule has 1 atom stereocenters. The monoisotopic (exact) mass is 490 g/mol. The lowest BCUT2D eigenvalue weighted by molar-refractivity contribution is -0.385. The minimum absolute atomic E-state index is 0.161. The van der Waals surface area contributed by atoms with E-state index in [0.29, 0.717) is 18.7 Å². The molecule has 1 amide bonds. The van der Waals surface area contributed by atoms with Crippen LogP contribution in [-0.4, -0.2) is 62.6 Å². The van der Waals surface area contributed by atoms with Gasteiger partial charge >= 0.3 is 0 Å². The van der Waals surface area contributed by atoms with Crippen LogP contribution in [0.3, 0.4) is 0 Å². The fourth-order valence-corrected chi connectivity index (χ4v) is 5.47.